The minimum atomic E-state index is 0.608. The standard InChI is InChI=1S/C21H36N4/c1-17(2)24-10-8-23(9-11-24)15-20-6-5-7-21(12-20)16-25-18(3)13-22-14-19(25)4/h5-7,12,17-19,22H,8-11,13-16H2,1-4H3/t18-,19+. The van der Waals surface area contributed by atoms with Crippen LogP contribution in [0.2, 0.25) is 0 Å². The van der Waals surface area contributed by atoms with Crippen LogP contribution in [0.25, 0.3) is 0 Å². The van der Waals surface area contributed by atoms with Gasteiger partial charge in [-0.05, 0) is 38.8 Å². The molecule has 4 nitrogen and oxygen atoms in total. The van der Waals surface area contributed by atoms with E-state index < -0.39 is 0 Å². The van der Waals surface area contributed by atoms with Gasteiger partial charge in [0.1, 0.15) is 0 Å². The number of nitrogens with one attached hydrogen (secondary N) is 1. The molecule has 2 heterocycles. The first-order chi connectivity index (χ1) is 12.0. The van der Waals surface area contributed by atoms with Gasteiger partial charge in [0.05, 0.1) is 0 Å². The average Bonchev–Trinajstić information content (AvgIpc) is 2.59. The first kappa shape index (κ1) is 18.8. The summed E-state index contributed by atoms with van der Waals surface area (Å²) in [5, 5.41) is 3.52. The van der Waals surface area contributed by atoms with E-state index >= 15 is 0 Å². The summed E-state index contributed by atoms with van der Waals surface area (Å²) in [4.78, 5) is 7.82. The predicted molar refractivity (Wildman–Crippen MR) is 106 cm³/mol. The highest BCUT2D eigenvalue weighted by molar-refractivity contribution is 5.24. The largest absolute Gasteiger partial charge is 0.314 e. The third-order valence-corrected chi connectivity index (χ3v) is 5.91. The fraction of sp³-hybridized carbons (Fsp3) is 0.714. The van der Waals surface area contributed by atoms with Gasteiger partial charge in [-0.1, -0.05) is 24.3 Å². The SMILES string of the molecule is CC(C)N1CCN(Cc2cccc(CN3[C@H](C)CNC[C@@H]3C)c2)CC1. The van der Waals surface area contributed by atoms with Crippen molar-refractivity contribution < 1.29 is 0 Å². The minimum absolute atomic E-state index is 0.608. The Morgan fingerprint density at radius 1 is 0.960 bits per heavy atom. The first-order valence-corrected chi connectivity index (χ1v) is 10.0. The lowest BCUT2D eigenvalue weighted by molar-refractivity contribution is 0.103. The smallest absolute Gasteiger partial charge is 0.0240 e. The zero-order chi connectivity index (χ0) is 17.8. The Balaban J connectivity index is 1.56. The van der Waals surface area contributed by atoms with Crippen molar-refractivity contribution in [3.05, 3.63) is 35.4 Å². The van der Waals surface area contributed by atoms with Crippen LogP contribution in [-0.2, 0) is 13.1 Å². The van der Waals surface area contributed by atoms with Crippen LogP contribution in [0.4, 0.5) is 0 Å². The van der Waals surface area contributed by atoms with Gasteiger partial charge >= 0.3 is 0 Å². The highest BCUT2D eigenvalue weighted by atomic mass is 15.3. The molecule has 4 heteroatoms. The molecule has 0 saturated carbocycles. The normalized spacial score (nSPS) is 27.1. The fourth-order valence-corrected chi connectivity index (χ4v) is 4.21. The van der Waals surface area contributed by atoms with Crippen LogP contribution < -0.4 is 5.32 Å². The van der Waals surface area contributed by atoms with E-state index in [1.807, 2.05) is 0 Å². The molecule has 2 fully saturated rings. The van der Waals surface area contributed by atoms with E-state index in [-0.39, 0.29) is 0 Å². The van der Waals surface area contributed by atoms with E-state index in [2.05, 4.69) is 72.0 Å². The van der Waals surface area contributed by atoms with Gasteiger partial charge in [0.15, 0.2) is 0 Å². The van der Waals surface area contributed by atoms with E-state index in [1.165, 1.54) is 37.3 Å². The van der Waals surface area contributed by atoms with Gasteiger partial charge in [0.25, 0.3) is 0 Å². The zero-order valence-corrected chi connectivity index (χ0v) is 16.5. The summed E-state index contributed by atoms with van der Waals surface area (Å²) in [6.07, 6.45) is 0. The molecule has 140 valence electrons. The van der Waals surface area contributed by atoms with E-state index in [0.717, 1.165) is 26.2 Å². The van der Waals surface area contributed by atoms with Crippen LogP contribution in [0.3, 0.4) is 0 Å². The molecule has 25 heavy (non-hydrogen) atoms. The van der Waals surface area contributed by atoms with Gasteiger partial charge in [-0.3, -0.25) is 14.7 Å². The Labute approximate surface area is 154 Å². The lowest BCUT2D eigenvalue weighted by Gasteiger charge is -2.39. The van der Waals surface area contributed by atoms with Crippen molar-refractivity contribution in [2.75, 3.05) is 39.3 Å². The van der Waals surface area contributed by atoms with Crippen molar-refractivity contribution in [3.8, 4) is 0 Å². The molecule has 1 N–H and O–H groups in total. The molecular weight excluding hydrogens is 308 g/mol. The number of benzene rings is 1. The van der Waals surface area contributed by atoms with Gasteiger partial charge in [-0.15, -0.1) is 0 Å². The molecule has 0 bridgehead atoms. The van der Waals surface area contributed by atoms with E-state index in [9.17, 15) is 0 Å². The minimum Gasteiger partial charge on any atom is -0.314 e. The van der Waals surface area contributed by atoms with E-state index in [4.69, 9.17) is 0 Å². The maximum absolute atomic E-state index is 3.52. The van der Waals surface area contributed by atoms with Crippen LogP contribution in [0.1, 0.15) is 38.8 Å². The van der Waals surface area contributed by atoms with Crippen molar-refractivity contribution in [2.24, 2.45) is 0 Å². The Kier molecular flexibility index (Phi) is 6.50. The molecule has 2 atom stereocenters. The predicted octanol–water partition coefficient (Wildman–Crippen LogP) is 2.39. The first-order valence-electron chi connectivity index (χ1n) is 10.0. The van der Waals surface area contributed by atoms with Crippen molar-refractivity contribution in [3.63, 3.8) is 0 Å². The van der Waals surface area contributed by atoms with Crippen LogP contribution in [0.5, 0.6) is 0 Å². The Hall–Kier alpha value is -0.940. The molecule has 0 spiro atoms. The van der Waals surface area contributed by atoms with Crippen LogP contribution in [-0.4, -0.2) is 72.1 Å². The van der Waals surface area contributed by atoms with Crippen molar-refractivity contribution in [2.45, 2.75) is 58.9 Å². The molecule has 0 aliphatic carbocycles. The van der Waals surface area contributed by atoms with E-state index in [1.54, 1.807) is 0 Å². The molecule has 2 aliphatic heterocycles. The monoisotopic (exact) mass is 344 g/mol. The quantitative estimate of drug-likeness (QED) is 0.885. The summed E-state index contributed by atoms with van der Waals surface area (Å²) < 4.78 is 0. The summed E-state index contributed by atoms with van der Waals surface area (Å²) in [5.74, 6) is 0. The lowest BCUT2D eigenvalue weighted by atomic mass is 10.1. The Morgan fingerprint density at radius 3 is 2.16 bits per heavy atom. The number of hydrogen-bond donors (Lipinski definition) is 1. The summed E-state index contributed by atoms with van der Waals surface area (Å²) >= 11 is 0. The van der Waals surface area contributed by atoms with Crippen molar-refractivity contribution in [1.82, 2.24) is 20.0 Å². The summed E-state index contributed by atoms with van der Waals surface area (Å²) in [7, 11) is 0. The number of hydrogen-bond acceptors (Lipinski definition) is 4. The third kappa shape index (κ3) is 5.04. The molecular formula is C21H36N4. The van der Waals surface area contributed by atoms with Crippen LogP contribution in [0, 0.1) is 0 Å². The highest BCUT2D eigenvalue weighted by Gasteiger charge is 2.24. The van der Waals surface area contributed by atoms with Crippen LogP contribution in [0.15, 0.2) is 24.3 Å². The van der Waals surface area contributed by atoms with Crippen molar-refractivity contribution >= 4 is 0 Å². The second-order valence-corrected chi connectivity index (χ2v) is 8.25. The van der Waals surface area contributed by atoms with Crippen molar-refractivity contribution in [1.29, 1.82) is 0 Å². The third-order valence-electron chi connectivity index (χ3n) is 5.91. The maximum atomic E-state index is 3.52. The highest BCUT2D eigenvalue weighted by Crippen LogP contribution is 2.17. The summed E-state index contributed by atoms with van der Waals surface area (Å²) in [6.45, 7) is 18.4. The van der Waals surface area contributed by atoms with Crippen LogP contribution >= 0.6 is 0 Å². The number of nitrogens with zero attached hydrogens (tertiary/aromatic N) is 3. The second kappa shape index (κ2) is 8.63. The topological polar surface area (TPSA) is 21.8 Å². The molecule has 3 rings (SSSR count). The summed E-state index contributed by atoms with van der Waals surface area (Å²) in [5.41, 5.74) is 2.92. The van der Waals surface area contributed by atoms with E-state index in [0.29, 0.717) is 18.1 Å². The molecule has 1 aromatic carbocycles. The van der Waals surface area contributed by atoms with Gasteiger partial charge in [0.2, 0.25) is 0 Å². The van der Waals surface area contributed by atoms with Gasteiger partial charge < -0.3 is 5.32 Å². The molecule has 2 saturated heterocycles. The number of piperazine rings is 2. The fourth-order valence-electron chi connectivity index (χ4n) is 4.21. The molecule has 0 radical (unpaired) electrons. The zero-order valence-electron chi connectivity index (χ0n) is 16.5. The maximum Gasteiger partial charge on any atom is 0.0240 e. The average molecular weight is 345 g/mol. The molecule has 2 aliphatic rings. The molecule has 1 aromatic rings. The Morgan fingerprint density at radius 2 is 1.56 bits per heavy atom. The number of rotatable bonds is 5. The lowest BCUT2D eigenvalue weighted by Crippen LogP contribution is -2.54. The Bertz CT molecular complexity index is 526. The molecule has 0 unspecified atom stereocenters. The summed E-state index contributed by atoms with van der Waals surface area (Å²) in [6, 6.07) is 11.1. The van der Waals surface area contributed by atoms with Gasteiger partial charge in [0, 0.05) is 70.5 Å². The van der Waals surface area contributed by atoms with Gasteiger partial charge in [-0.25, -0.2) is 0 Å². The molecule has 0 aromatic heterocycles. The second-order valence-electron chi connectivity index (χ2n) is 8.25. The molecule has 0 amide bonds. The van der Waals surface area contributed by atoms with Gasteiger partial charge in [-0.2, -0.15) is 0 Å².